The van der Waals surface area contributed by atoms with E-state index in [9.17, 15) is 14.4 Å². The van der Waals surface area contributed by atoms with Crippen molar-refractivity contribution in [3.63, 3.8) is 0 Å². The quantitative estimate of drug-likeness (QED) is 0.479. The lowest BCUT2D eigenvalue weighted by atomic mass is 9.82. The summed E-state index contributed by atoms with van der Waals surface area (Å²) >= 11 is 0. The third kappa shape index (κ3) is 2.14. The van der Waals surface area contributed by atoms with Gasteiger partial charge < -0.3 is 4.74 Å². The zero-order chi connectivity index (χ0) is 10.6. The first kappa shape index (κ1) is 11.8. The normalized spacial score (nSPS) is 10.8. The molecule has 0 rings (SSSR count). The summed E-state index contributed by atoms with van der Waals surface area (Å²) in [6.45, 7) is 5.49. The molecular weight excluding hydrogens is 172 g/mol. The van der Waals surface area contributed by atoms with Gasteiger partial charge in [0.05, 0.1) is 6.61 Å². The second kappa shape index (κ2) is 4.16. The number of carbonyl (C=O) groups is 3. The molecule has 0 aromatic carbocycles. The molecule has 0 aromatic heterocycles. The monoisotopic (exact) mass is 186 g/mol. The van der Waals surface area contributed by atoms with Crippen molar-refractivity contribution in [2.75, 3.05) is 6.61 Å². The Hall–Kier alpha value is -1.19. The Labute approximate surface area is 77.3 Å². The summed E-state index contributed by atoms with van der Waals surface area (Å²) in [5.74, 6) is -1.74. The molecule has 0 N–H and O–H groups in total. The number of carbonyl (C=O) groups excluding carboxylic acids is 3. The molecule has 0 saturated heterocycles. The number of rotatable bonds is 4. The summed E-state index contributed by atoms with van der Waals surface area (Å²) in [6, 6.07) is 0. The van der Waals surface area contributed by atoms with E-state index in [0.29, 0.717) is 0 Å². The molecule has 13 heavy (non-hydrogen) atoms. The van der Waals surface area contributed by atoms with Crippen molar-refractivity contribution in [2.45, 2.75) is 27.7 Å². The molecule has 0 fully saturated rings. The number of hydrogen-bond acceptors (Lipinski definition) is 4. The minimum atomic E-state index is -1.63. The number of Topliss-reactive ketones (excluding diaryl/α,β-unsaturated/α-hetero) is 2. The van der Waals surface area contributed by atoms with Gasteiger partial charge in [-0.3, -0.25) is 14.4 Å². The van der Waals surface area contributed by atoms with Gasteiger partial charge in [0.1, 0.15) is 0 Å². The fourth-order valence-corrected chi connectivity index (χ4v) is 0.811. The van der Waals surface area contributed by atoms with E-state index in [1.165, 1.54) is 20.8 Å². The van der Waals surface area contributed by atoms with Crippen molar-refractivity contribution in [3.8, 4) is 0 Å². The minimum Gasteiger partial charge on any atom is -0.465 e. The molecule has 74 valence electrons. The second-order valence-electron chi connectivity index (χ2n) is 2.96. The first-order valence-corrected chi connectivity index (χ1v) is 4.06. The van der Waals surface area contributed by atoms with Gasteiger partial charge in [0.25, 0.3) is 0 Å². The van der Waals surface area contributed by atoms with Crippen LogP contribution in [-0.4, -0.2) is 24.1 Å². The van der Waals surface area contributed by atoms with Crippen molar-refractivity contribution in [2.24, 2.45) is 5.41 Å². The van der Waals surface area contributed by atoms with Crippen molar-refractivity contribution in [1.29, 1.82) is 0 Å². The predicted molar refractivity (Wildman–Crippen MR) is 46.1 cm³/mol. The van der Waals surface area contributed by atoms with Crippen molar-refractivity contribution < 1.29 is 19.1 Å². The van der Waals surface area contributed by atoms with E-state index >= 15 is 0 Å². The molecule has 0 unspecified atom stereocenters. The number of ketones is 2. The van der Waals surface area contributed by atoms with Gasteiger partial charge in [-0.25, -0.2) is 0 Å². The fraction of sp³-hybridized carbons (Fsp3) is 0.667. The van der Waals surface area contributed by atoms with Crippen molar-refractivity contribution in [1.82, 2.24) is 0 Å². The average molecular weight is 186 g/mol. The average Bonchev–Trinajstić information content (AvgIpc) is 2.02. The molecule has 0 aliphatic heterocycles. The van der Waals surface area contributed by atoms with Crippen LogP contribution < -0.4 is 0 Å². The second-order valence-corrected chi connectivity index (χ2v) is 2.96. The summed E-state index contributed by atoms with van der Waals surface area (Å²) < 4.78 is 4.65. The van der Waals surface area contributed by atoms with Crippen LogP contribution >= 0.6 is 0 Å². The molecule has 0 radical (unpaired) electrons. The van der Waals surface area contributed by atoms with Crippen LogP contribution in [0.1, 0.15) is 27.7 Å². The van der Waals surface area contributed by atoms with E-state index in [-0.39, 0.29) is 6.61 Å². The van der Waals surface area contributed by atoms with Gasteiger partial charge in [-0.05, 0) is 27.7 Å². The van der Waals surface area contributed by atoms with Crippen LogP contribution in [0.25, 0.3) is 0 Å². The molecule has 0 amide bonds. The maximum absolute atomic E-state index is 11.3. The standard InChI is InChI=1S/C9H14O4/c1-5-13-8(12)9(4,6(2)10)7(3)11/h5H2,1-4H3. The highest BCUT2D eigenvalue weighted by Gasteiger charge is 2.44. The Kier molecular flexibility index (Phi) is 3.78. The van der Waals surface area contributed by atoms with Gasteiger partial charge in [0.2, 0.25) is 0 Å². The molecule has 4 nitrogen and oxygen atoms in total. The van der Waals surface area contributed by atoms with E-state index in [2.05, 4.69) is 4.74 Å². The summed E-state index contributed by atoms with van der Waals surface area (Å²) in [5.41, 5.74) is -1.63. The third-order valence-electron chi connectivity index (χ3n) is 2.09. The zero-order valence-corrected chi connectivity index (χ0v) is 8.34. The largest absolute Gasteiger partial charge is 0.465 e. The Morgan fingerprint density at radius 2 is 1.54 bits per heavy atom. The number of esters is 1. The van der Waals surface area contributed by atoms with Crippen molar-refractivity contribution in [3.05, 3.63) is 0 Å². The van der Waals surface area contributed by atoms with E-state index in [0.717, 1.165) is 0 Å². The topological polar surface area (TPSA) is 60.4 Å². The smallest absolute Gasteiger partial charge is 0.326 e. The lowest BCUT2D eigenvalue weighted by Crippen LogP contribution is -2.42. The lowest BCUT2D eigenvalue weighted by molar-refractivity contribution is -0.161. The van der Waals surface area contributed by atoms with Gasteiger partial charge in [-0.15, -0.1) is 0 Å². The van der Waals surface area contributed by atoms with Crippen molar-refractivity contribution >= 4 is 17.5 Å². The third-order valence-corrected chi connectivity index (χ3v) is 2.09. The van der Waals surface area contributed by atoms with Gasteiger partial charge in [-0.2, -0.15) is 0 Å². The molecule has 0 saturated carbocycles. The molecular formula is C9H14O4. The Morgan fingerprint density at radius 1 is 1.15 bits per heavy atom. The number of hydrogen-bond donors (Lipinski definition) is 0. The van der Waals surface area contributed by atoms with Crippen LogP contribution in [0.5, 0.6) is 0 Å². The summed E-state index contributed by atoms with van der Waals surface area (Å²) in [6.07, 6.45) is 0. The van der Waals surface area contributed by atoms with Gasteiger partial charge >= 0.3 is 5.97 Å². The van der Waals surface area contributed by atoms with Crippen LogP contribution in [0, 0.1) is 5.41 Å². The summed E-state index contributed by atoms with van der Waals surface area (Å²) in [4.78, 5) is 33.5. The van der Waals surface area contributed by atoms with E-state index in [4.69, 9.17) is 0 Å². The Bertz CT molecular complexity index is 228. The predicted octanol–water partition coefficient (Wildman–Crippen LogP) is 0.734. The first-order valence-electron chi connectivity index (χ1n) is 4.06. The highest BCUT2D eigenvalue weighted by molar-refractivity contribution is 6.20. The van der Waals surface area contributed by atoms with Gasteiger partial charge in [-0.1, -0.05) is 0 Å². The van der Waals surface area contributed by atoms with Crippen LogP contribution in [0.2, 0.25) is 0 Å². The fourth-order valence-electron chi connectivity index (χ4n) is 0.811. The SMILES string of the molecule is CCOC(=O)C(C)(C(C)=O)C(C)=O. The molecule has 4 heteroatoms. The summed E-state index contributed by atoms with van der Waals surface area (Å²) in [5, 5.41) is 0. The highest BCUT2D eigenvalue weighted by Crippen LogP contribution is 2.21. The molecule has 0 bridgehead atoms. The molecule has 0 aromatic rings. The molecule has 0 spiro atoms. The highest BCUT2D eigenvalue weighted by atomic mass is 16.5. The molecule has 0 aliphatic rings. The minimum absolute atomic E-state index is 0.162. The first-order chi connectivity index (χ1) is 5.87. The molecule has 0 heterocycles. The Balaban J connectivity index is 4.91. The van der Waals surface area contributed by atoms with Gasteiger partial charge in [0.15, 0.2) is 17.0 Å². The van der Waals surface area contributed by atoms with Gasteiger partial charge in [0, 0.05) is 0 Å². The molecule has 0 aliphatic carbocycles. The van der Waals surface area contributed by atoms with Crippen LogP contribution in [0.4, 0.5) is 0 Å². The lowest BCUT2D eigenvalue weighted by Gasteiger charge is -2.20. The zero-order valence-electron chi connectivity index (χ0n) is 8.34. The van der Waals surface area contributed by atoms with Crippen LogP contribution in [0.15, 0.2) is 0 Å². The maximum atomic E-state index is 11.3. The van der Waals surface area contributed by atoms with E-state index < -0.39 is 23.0 Å². The van der Waals surface area contributed by atoms with E-state index in [1.54, 1.807) is 6.92 Å². The molecule has 0 atom stereocenters. The number of ether oxygens (including phenoxy) is 1. The van der Waals surface area contributed by atoms with Crippen LogP contribution in [0.3, 0.4) is 0 Å². The van der Waals surface area contributed by atoms with Crippen LogP contribution in [-0.2, 0) is 19.1 Å². The van der Waals surface area contributed by atoms with E-state index in [1.807, 2.05) is 0 Å². The Morgan fingerprint density at radius 3 is 1.77 bits per heavy atom. The maximum Gasteiger partial charge on any atom is 0.326 e. The summed E-state index contributed by atoms with van der Waals surface area (Å²) in [7, 11) is 0.